The number of hydrogen-bond donors (Lipinski definition) is 0. The van der Waals surface area contributed by atoms with E-state index in [1.165, 1.54) is 16.1 Å². The number of fused-ring (bicyclic) bond motifs is 1. The molecule has 1 aromatic carbocycles. The lowest BCUT2D eigenvalue weighted by atomic mass is 10.3. The van der Waals surface area contributed by atoms with E-state index in [0.717, 1.165) is 18.4 Å². The number of hydrogen-bond acceptors (Lipinski definition) is 6. The predicted octanol–water partition coefficient (Wildman–Crippen LogP) is 4.47. The molecular formula is C21H33N3O4S2. The maximum absolute atomic E-state index is 12.9. The lowest BCUT2D eigenvalue weighted by Gasteiger charge is -2.18. The van der Waals surface area contributed by atoms with Crippen LogP contribution in [0, 0.1) is 0 Å². The number of carbonyl (C=O) groups excluding carboxylic acids is 1. The van der Waals surface area contributed by atoms with Gasteiger partial charge in [-0.3, -0.25) is 4.79 Å². The Morgan fingerprint density at radius 1 is 1.20 bits per heavy atom. The van der Waals surface area contributed by atoms with Gasteiger partial charge in [0.1, 0.15) is 5.25 Å². The number of ether oxygens (including phenoxy) is 1. The highest BCUT2D eigenvalue weighted by Crippen LogP contribution is 2.32. The van der Waals surface area contributed by atoms with Gasteiger partial charge < -0.3 is 9.30 Å². The van der Waals surface area contributed by atoms with Crippen LogP contribution in [-0.4, -0.2) is 53.2 Å². The second kappa shape index (κ2) is 10.6. The highest BCUT2D eigenvalue weighted by Gasteiger charge is 2.25. The Balaban J connectivity index is 2.39. The number of unbranched alkanes of at least 4 members (excludes halogenated alkanes) is 1. The molecule has 0 N–H and O–H groups in total. The van der Waals surface area contributed by atoms with Gasteiger partial charge in [0.15, 0.2) is 5.16 Å². The van der Waals surface area contributed by atoms with Gasteiger partial charge in [0.05, 0.1) is 22.5 Å². The topological polar surface area (TPSA) is 81.5 Å². The molecule has 0 aliphatic carbocycles. The summed E-state index contributed by atoms with van der Waals surface area (Å²) in [5.74, 6) is -0.263. The van der Waals surface area contributed by atoms with Gasteiger partial charge in [0.25, 0.3) is 0 Å². The molecule has 7 nitrogen and oxygen atoms in total. The number of sulfonamides is 1. The Kier molecular flexibility index (Phi) is 8.75. The molecule has 1 atom stereocenters. The molecule has 0 aliphatic rings. The van der Waals surface area contributed by atoms with Crippen LogP contribution in [0.4, 0.5) is 0 Å². The van der Waals surface area contributed by atoms with Gasteiger partial charge >= 0.3 is 5.97 Å². The van der Waals surface area contributed by atoms with E-state index in [4.69, 9.17) is 4.74 Å². The van der Waals surface area contributed by atoms with Crippen LogP contribution in [0.2, 0.25) is 0 Å². The molecule has 0 fully saturated rings. The van der Waals surface area contributed by atoms with Crippen molar-refractivity contribution in [3.8, 4) is 0 Å². The highest BCUT2D eigenvalue weighted by molar-refractivity contribution is 8.00. The lowest BCUT2D eigenvalue weighted by Crippen LogP contribution is -2.30. The second-order valence-corrected chi connectivity index (χ2v) is 10.6. The number of carbonyl (C=O) groups is 1. The first kappa shape index (κ1) is 24.7. The number of imidazole rings is 1. The van der Waals surface area contributed by atoms with Gasteiger partial charge in [-0.15, -0.1) is 0 Å². The zero-order valence-electron chi connectivity index (χ0n) is 18.7. The Hall–Kier alpha value is -1.58. The fourth-order valence-electron chi connectivity index (χ4n) is 3.15. The van der Waals surface area contributed by atoms with Gasteiger partial charge in [0, 0.05) is 19.1 Å². The Bertz CT molecular complexity index is 966. The van der Waals surface area contributed by atoms with Crippen LogP contribution in [0.5, 0.6) is 0 Å². The summed E-state index contributed by atoms with van der Waals surface area (Å²) in [4.78, 5) is 17.2. The van der Waals surface area contributed by atoms with Crippen molar-refractivity contribution < 1.29 is 17.9 Å². The second-order valence-electron chi connectivity index (χ2n) is 7.38. The molecule has 9 heteroatoms. The van der Waals surface area contributed by atoms with Crippen LogP contribution >= 0.6 is 11.8 Å². The van der Waals surface area contributed by atoms with Gasteiger partial charge in [-0.05, 0) is 45.4 Å². The van der Waals surface area contributed by atoms with E-state index >= 15 is 0 Å². The fourth-order valence-corrected chi connectivity index (χ4v) is 5.69. The summed E-state index contributed by atoms with van der Waals surface area (Å²) in [6.07, 6.45) is 1.81. The molecule has 1 heterocycles. The molecule has 0 saturated heterocycles. The molecule has 0 spiro atoms. The first-order valence-corrected chi connectivity index (χ1v) is 12.8. The molecule has 0 aliphatic heterocycles. The van der Waals surface area contributed by atoms with Crippen molar-refractivity contribution in [3.05, 3.63) is 18.2 Å². The quantitative estimate of drug-likeness (QED) is 0.282. The van der Waals surface area contributed by atoms with E-state index in [0.29, 0.717) is 30.4 Å². The van der Waals surface area contributed by atoms with Crippen molar-refractivity contribution in [2.75, 3.05) is 19.7 Å². The third kappa shape index (κ3) is 5.36. The van der Waals surface area contributed by atoms with Crippen molar-refractivity contribution >= 4 is 38.8 Å². The Morgan fingerprint density at radius 3 is 2.43 bits per heavy atom. The SMILES string of the molecule is CCCCOC(=O)C(C)Sc1nc2cc(S(=O)(=O)N(CC)CC)ccc2n1C(C)C. The lowest BCUT2D eigenvalue weighted by molar-refractivity contribution is -0.142. The molecule has 0 radical (unpaired) electrons. The van der Waals surface area contributed by atoms with E-state index in [-0.39, 0.29) is 16.9 Å². The molecular weight excluding hydrogens is 422 g/mol. The molecule has 1 unspecified atom stereocenters. The number of esters is 1. The highest BCUT2D eigenvalue weighted by atomic mass is 32.2. The zero-order chi connectivity index (χ0) is 22.5. The molecule has 2 aromatic rings. The molecule has 1 aromatic heterocycles. The normalized spacial score (nSPS) is 13.3. The van der Waals surface area contributed by atoms with Crippen molar-refractivity contribution in [2.45, 2.75) is 75.7 Å². The van der Waals surface area contributed by atoms with Gasteiger partial charge in [-0.25, -0.2) is 13.4 Å². The van der Waals surface area contributed by atoms with Crippen molar-refractivity contribution in [2.24, 2.45) is 0 Å². The molecule has 0 bridgehead atoms. The summed E-state index contributed by atoms with van der Waals surface area (Å²) in [6.45, 7) is 12.8. The number of nitrogens with zero attached hydrogens (tertiary/aromatic N) is 3. The van der Waals surface area contributed by atoms with Crippen LogP contribution in [0.1, 0.15) is 60.4 Å². The molecule has 2 rings (SSSR count). The third-order valence-electron chi connectivity index (χ3n) is 4.84. The smallest absolute Gasteiger partial charge is 0.319 e. The molecule has 0 amide bonds. The summed E-state index contributed by atoms with van der Waals surface area (Å²) in [5, 5.41) is 0.271. The van der Waals surface area contributed by atoms with Gasteiger partial charge in [0.2, 0.25) is 10.0 Å². The predicted molar refractivity (Wildman–Crippen MR) is 121 cm³/mol. The first-order valence-electron chi connectivity index (χ1n) is 10.5. The molecule has 30 heavy (non-hydrogen) atoms. The van der Waals surface area contributed by atoms with Crippen molar-refractivity contribution in [1.82, 2.24) is 13.9 Å². The van der Waals surface area contributed by atoms with Crippen LogP contribution in [-0.2, 0) is 19.6 Å². The number of rotatable bonds is 11. The summed E-state index contributed by atoms with van der Waals surface area (Å²) < 4.78 is 34.5. The van der Waals surface area contributed by atoms with E-state index in [2.05, 4.69) is 4.98 Å². The van der Waals surface area contributed by atoms with Crippen LogP contribution in [0.3, 0.4) is 0 Å². The van der Waals surface area contributed by atoms with Crippen LogP contribution in [0.15, 0.2) is 28.3 Å². The Labute approximate surface area is 184 Å². The van der Waals surface area contributed by atoms with E-state index < -0.39 is 15.3 Å². The Morgan fingerprint density at radius 2 is 1.87 bits per heavy atom. The molecule has 168 valence electrons. The minimum absolute atomic E-state index is 0.103. The van der Waals surface area contributed by atoms with Gasteiger partial charge in [-0.1, -0.05) is 39.0 Å². The minimum Gasteiger partial charge on any atom is -0.465 e. The van der Waals surface area contributed by atoms with E-state index in [1.54, 1.807) is 25.1 Å². The van der Waals surface area contributed by atoms with Crippen molar-refractivity contribution in [1.29, 1.82) is 0 Å². The standard InChI is InChI=1S/C21H33N3O4S2/c1-7-10-13-28-20(25)16(6)29-21-22-18-14-17(30(26,27)23(8-2)9-3)11-12-19(18)24(21)15(4)5/h11-12,14-16H,7-10,13H2,1-6H3. The summed E-state index contributed by atoms with van der Waals surface area (Å²) in [7, 11) is -3.56. The van der Waals surface area contributed by atoms with Crippen LogP contribution in [0.25, 0.3) is 11.0 Å². The maximum atomic E-state index is 12.9. The summed E-state index contributed by atoms with van der Waals surface area (Å²) in [5.41, 5.74) is 1.45. The fraction of sp³-hybridized carbons (Fsp3) is 0.619. The first-order chi connectivity index (χ1) is 14.2. The minimum atomic E-state index is -3.56. The van der Waals surface area contributed by atoms with Crippen LogP contribution < -0.4 is 0 Å². The largest absolute Gasteiger partial charge is 0.465 e. The van der Waals surface area contributed by atoms with Crippen molar-refractivity contribution in [3.63, 3.8) is 0 Å². The number of benzene rings is 1. The summed E-state index contributed by atoms with van der Waals surface area (Å²) in [6, 6.07) is 5.16. The third-order valence-corrected chi connectivity index (χ3v) is 7.94. The zero-order valence-corrected chi connectivity index (χ0v) is 20.3. The maximum Gasteiger partial charge on any atom is 0.319 e. The number of thioether (sulfide) groups is 1. The van der Waals surface area contributed by atoms with E-state index in [9.17, 15) is 13.2 Å². The average Bonchev–Trinajstić information content (AvgIpc) is 3.05. The van der Waals surface area contributed by atoms with E-state index in [1.807, 2.05) is 39.2 Å². The number of aromatic nitrogens is 2. The average molecular weight is 456 g/mol. The monoisotopic (exact) mass is 455 g/mol. The summed E-state index contributed by atoms with van der Waals surface area (Å²) >= 11 is 1.34. The molecule has 0 saturated carbocycles. The van der Waals surface area contributed by atoms with Gasteiger partial charge in [-0.2, -0.15) is 4.31 Å².